The molecular formula is C19H23ClN2O3S. The minimum atomic E-state index is -3.77. The quantitative estimate of drug-likeness (QED) is 0.837. The number of rotatable bonds is 5. The average molecular weight is 395 g/mol. The highest BCUT2D eigenvalue weighted by Gasteiger charge is 2.26. The number of hydrogen-bond acceptors (Lipinski definition) is 3. The van der Waals surface area contributed by atoms with Gasteiger partial charge in [-0.25, -0.2) is 8.42 Å². The van der Waals surface area contributed by atoms with E-state index in [-0.39, 0.29) is 11.4 Å². The molecule has 0 aliphatic rings. The van der Waals surface area contributed by atoms with Crippen LogP contribution in [-0.2, 0) is 14.8 Å². The van der Waals surface area contributed by atoms with Gasteiger partial charge in [-0.1, -0.05) is 35.4 Å². The number of benzene rings is 2. The van der Waals surface area contributed by atoms with Crippen LogP contribution in [0.25, 0.3) is 0 Å². The zero-order valence-electron chi connectivity index (χ0n) is 15.6. The summed E-state index contributed by atoms with van der Waals surface area (Å²) >= 11 is 6.05. The third-order valence-electron chi connectivity index (χ3n) is 4.09. The molecule has 2 aromatic carbocycles. The van der Waals surface area contributed by atoms with E-state index < -0.39 is 15.9 Å². The number of aryl methyl sites for hydroxylation is 4. The number of carbonyl (C=O) groups excluding carboxylic acids is 1. The fourth-order valence-electron chi connectivity index (χ4n) is 2.89. The SMILES string of the molecule is Cc1cc(C)c(S(=O)(=O)N(C)CC(=O)Nc2ccc(C)c(Cl)c2)c(C)c1. The van der Waals surface area contributed by atoms with Gasteiger partial charge in [0.25, 0.3) is 0 Å². The number of nitrogens with zero attached hydrogens (tertiary/aromatic N) is 1. The normalized spacial score (nSPS) is 11.7. The molecule has 0 saturated carbocycles. The molecule has 1 amide bonds. The lowest BCUT2D eigenvalue weighted by Gasteiger charge is -2.20. The average Bonchev–Trinajstić information content (AvgIpc) is 2.49. The first kappa shape index (κ1) is 20.4. The molecule has 0 aliphatic heterocycles. The van der Waals surface area contributed by atoms with Crippen molar-refractivity contribution in [3.8, 4) is 0 Å². The number of halogens is 1. The molecule has 2 aromatic rings. The van der Waals surface area contributed by atoms with E-state index in [2.05, 4.69) is 5.32 Å². The van der Waals surface area contributed by atoms with Crippen molar-refractivity contribution in [2.75, 3.05) is 18.9 Å². The Kier molecular flexibility index (Phi) is 6.11. The van der Waals surface area contributed by atoms with Crippen LogP contribution in [0.4, 0.5) is 5.69 Å². The predicted octanol–water partition coefficient (Wildman–Crippen LogP) is 3.83. The van der Waals surface area contributed by atoms with Gasteiger partial charge in [0, 0.05) is 17.8 Å². The molecule has 0 atom stereocenters. The molecule has 5 nitrogen and oxygen atoms in total. The Morgan fingerprint density at radius 2 is 1.62 bits per heavy atom. The summed E-state index contributed by atoms with van der Waals surface area (Å²) < 4.78 is 26.9. The summed E-state index contributed by atoms with van der Waals surface area (Å²) in [5, 5.41) is 3.21. The van der Waals surface area contributed by atoms with Crippen LogP contribution in [-0.4, -0.2) is 32.2 Å². The van der Waals surface area contributed by atoms with Crippen molar-refractivity contribution in [3.05, 3.63) is 57.6 Å². The van der Waals surface area contributed by atoms with Gasteiger partial charge in [-0.05, 0) is 56.5 Å². The van der Waals surface area contributed by atoms with Gasteiger partial charge in [-0.15, -0.1) is 0 Å². The Morgan fingerprint density at radius 1 is 1.04 bits per heavy atom. The van der Waals surface area contributed by atoms with Gasteiger partial charge in [0.2, 0.25) is 15.9 Å². The first-order valence-corrected chi connectivity index (χ1v) is 9.94. The molecule has 0 fully saturated rings. The third-order valence-corrected chi connectivity index (χ3v) is 6.61. The topological polar surface area (TPSA) is 66.5 Å². The molecule has 2 rings (SSSR count). The Bertz CT molecular complexity index is 932. The fraction of sp³-hybridized carbons (Fsp3) is 0.316. The molecule has 26 heavy (non-hydrogen) atoms. The molecule has 1 N–H and O–H groups in total. The molecule has 0 saturated heterocycles. The van der Waals surface area contributed by atoms with Gasteiger partial charge in [0.15, 0.2) is 0 Å². The second-order valence-corrected chi connectivity index (χ2v) is 8.89. The summed E-state index contributed by atoms with van der Waals surface area (Å²) in [6.45, 7) is 7.01. The van der Waals surface area contributed by atoms with Crippen molar-refractivity contribution in [1.82, 2.24) is 4.31 Å². The van der Waals surface area contributed by atoms with E-state index >= 15 is 0 Å². The minimum Gasteiger partial charge on any atom is -0.325 e. The number of likely N-dealkylation sites (N-methyl/N-ethyl adjacent to an activating group) is 1. The monoisotopic (exact) mass is 394 g/mol. The maximum atomic E-state index is 12.9. The maximum absolute atomic E-state index is 12.9. The van der Waals surface area contributed by atoms with Crippen molar-refractivity contribution in [1.29, 1.82) is 0 Å². The second-order valence-electron chi connectivity index (χ2n) is 6.50. The largest absolute Gasteiger partial charge is 0.325 e. The summed E-state index contributed by atoms with van der Waals surface area (Å²) in [7, 11) is -2.37. The standard InChI is InChI=1S/C19H23ClN2O3S/c1-12-8-14(3)19(15(4)9-12)26(24,25)22(5)11-18(23)21-16-7-6-13(2)17(20)10-16/h6-10H,11H2,1-5H3,(H,21,23). The van der Waals surface area contributed by atoms with Crippen LogP contribution < -0.4 is 5.32 Å². The van der Waals surface area contributed by atoms with Crippen LogP contribution in [0.3, 0.4) is 0 Å². The van der Waals surface area contributed by atoms with E-state index in [0.717, 1.165) is 15.4 Å². The smallest absolute Gasteiger partial charge is 0.243 e. The summed E-state index contributed by atoms with van der Waals surface area (Å²) in [6, 6.07) is 8.79. The Labute approximate surface area is 160 Å². The van der Waals surface area contributed by atoms with Gasteiger partial charge in [0.1, 0.15) is 0 Å². The molecule has 0 unspecified atom stereocenters. The van der Waals surface area contributed by atoms with Crippen molar-refractivity contribution in [2.24, 2.45) is 0 Å². The van der Waals surface area contributed by atoms with Crippen LogP contribution >= 0.6 is 11.6 Å². The van der Waals surface area contributed by atoms with E-state index in [4.69, 9.17) is 11.6 Å². The Balaban J connectivity index is 2.19. The van der Waals surface area contributed by atoms with Gasteiger partial charge in [-0.2, -0.15) is 4.31 Å². The summed E-state index contributed by atoms with van der Waals surface area (Å²) in [6.07, 6.45) is 0. The second kappa shape index (κ2) is 7.78. The van der Waals surface area contributed by atoms with E-state index in [1.54, 1.807) is 32.0 Å². The molecule has 0 bridgehead atoms. The number of hydrogen-bond donors (Lipinski definition) is 1. The number of amides is 1. The van der Waals surface area contributed by atoms with Crippen LogP contribution in [0, 0.1) is 27.7 Å². The highest BCUT2D eigenvalue weighted by molar-refractivity contribution is 7.89. The fourth-order valence-corrected chi connectivity index (χ4v) is 4.60. The van der Waals surface area contributed by atoms with E-state index in [9.17, 15) is 13.2 Å². The number of sulfonamides is 1. The van der Waals surface area contributed by atoms with Crippen LogP contribution in [0.1, 0.15) is 22.3 Å². The van der Waals surface area contributed by atoms with Crippen LogP contribution in [0.5, 0.6) is 0 Å². The summed E-state index contributed by atoms with van der Waals surface area (Å²) in [5.41, 5.74) is 3.75. The number of nitrogens with one attached hydrogen (secondary N) is 1. The lowest BCUT2D eigenvalue weighted by Crippen LogP contribution is -2.35. The van der Waals surface area contributed by atoms with Crippen molar-refractivity contribution >= 4 is 33.2 Å². The minimum absolute atomic E-state index is 0.247. The molecule has 0 radical (unpaired) electrons. The molecule has 140 valence electrons. The lowest BCUT2D eigenvalue weighted by atomic mass is 10.1. The zero-order chi connectivity index (χ0) is 19.6. The van der Waals surface area contributed by atoms with Gasteiger partial charge < -0.3 is 5.32 Å². The molecule has 0 aliphatic carbocycles. The summed E-state index contributed by atoms with van der Waals surface area (Å²) in [4.78, 5) is 12.5. The lowest BCUT2D eigenvalue weighted by molar-refractivity contribution is -0.116. The predicted molar refractivity (Wildman–Crippen MR) is 105 cm³/mol. The highest BCUT2D eigenvalue weighted by Crippen LogP contribution is 2.25. The zero-order valence-corrected chi connectivity index (χ0v) is 17.1. The van der Waals surface area contributed by atoms with E-state index in [0.29, 0.717) is 21.8 Å². The van der Waals surface area contributed by atoms with Gasteiger partial charge in [0.05, 0.1) is 11.4 Å². The third kappa shape index (κ3) is 4.44. The Hall–Kier alpha value is -1.89. The van der Waals surface area contributed by atoms with Gasteiger partial charge >= 0.3 is 0 Å². The molecule has 7 heteroatoms. The van der Waals surface area contributed by atoms with E-state index in [1.165, 1.54) is 7.05 Å². The van der Waals surface area contributed by atoms with Crippen molar-refractivity contribution in [3.63, 3.8) is 0 Å². The molecule has 0 spiro atoms. The number of carbonyl (C=O) groups is 1. The molecular weight excluding hydrogens is 372 g/mol. The first-order chi connectivity index (χ1) is 12.0. The van der Waals surface area contributed by atoms with Crippen molar-refractivity contribution < 1.29 is 13.2 Å². The molecule has 0 aromatic heterocycles. The van der Waals surface area contributed by atoms with E-state index in [1.807, 2.05) is 26.0 Å². The highest BCUT2D eigenvalue weighted by atomic mass is 35.5. The van der Waals surface area contributed by atoms with Gasteiger partial charge in [-0.3, -0.25) is 4.79 Å². The van der Waals surface area contributed by atoms with Crippen LogP contribution in [0.2, 0.25) is 5.02 Å². The van der Waals surface area contributed by atoms with Crippen molar-refractivity contribution in [2.45, 2.75) is 32.6 Å². The maximum Gasteiger partial charge on any atom is 0.243 e. The number of anilines is 1. The molecule has 0 heterocycles. The summed E-state index contributed by atoms with van der Waals surface area (Å²) in [5.74, 6) is -0.432. The van der Waals surface area contributed by atoms with Crippen LogP contribution in [0.15, 0.2) is 35.2 Å². The Morgan fingerprint density at radius 3 is 2.15 bits per heavy atom. The first-order valence-electron chi connectivity index (χ1n) is 8.12.